The molecular weight excluding hydrogens is 338 g/mol. The molecule has 0 bridgehead atoms. The molecule has 1 aliphatic heterocycles. The van der Waals surface area contributed by atoms with E-state index in [1.54, 1.807) is 0 Å². The van der Waals surface area contributed by atoms with E-state index < -0.39 is 0 Å². The van der Waals surface area contributed by atoms with Gasteiger partial charge in [-0.3, -0.25) is 9.36 Å². The lowest BCUT2D eigenvalue weighted by molar-refractivity contribution is -0.113. The molecule has 1 fully saturated rings. The Morgan fingerprint density at radius 1 is 1.32 bits per heavy atom. The fraction of sp³-hybridized carbons (Fsp3) is 0.471. The summed E-state index contributed by atoms with van der Waals surface area (Å²) >= 11 is 1.41. The maximum absolute atomic E-state index is 12.2. The van der Waals surface area contributed by atoms with Crippen LogP contribution >= 0.6 is 11.8 Å². The van der Waals surface area contributed by atoms with Crippen LogP contribution in [0.5, 0.6) is 0 Å². The van der Waals surface area contributed by atoms with Crippen molar-refractivity contribution < 1.29 is 9.53 Å². The van der Waals surface area contributed by atoms with Gasteiger partial charge in [0.25, 0.3) is 0 Å². The van der Waals surface area contributed by atoms with Gasteiger partial charge in [0.05, 0.1) is 19.0 Å². The maximum Gasteiger partial charge on any atom is 0.234 e. The summed E-state index contributed by atoms with van der Waals surface area (Å²) in [4.78, 5) is 14.4. The third-order valence-electron chi connectivity index (χ3n) is 3.94. The van der Waals surface area contributed by atoms with Crippen LogP contribution in [0, 0.1) is 6.92 Å². The van der Waals surface area contributed by atoms with E-state index >= 15 is 0 Å². The molecule has 134 valence electrons. The highest BCUT2D eigenvalue weighted by Gasteiger charge is 2.20. The molecule has 1 N–H and O–H groups in total. The molecule has 0 radical (unpaired) electrons. The molecule has 0 aliphatic carbocycles. The minimum absolute atomic E-state index is 0.0471. The summed E-state index contributed by atoms with van der Waals surface area (Å²) in [5.41, 5.74) is 1.93. The summed E-state index contributed by atoms with van der Waals surface area (Å²) in [6.45, 7) is 7.87. The molecule has 25 heavy (non-hydrogen) atoms. The SMILES string of the molecule is CCn1c(SCC(=O)Nc2cccc(C)c2)nnc1N1CCOCC1. The summed E-state index contributed by atoms with van der Waals surface area (Å²) in [5, 5.41) is 12.3. The van der Waals surface area contributed by atoms with Crippen LogP contribution in [0.25, 0.3) is 0 Å². The molecular formula is C17H23N5O2S. The van der Waals surface area contributed by atoms with Crippen molar-refractivity contribution in [1.82, 2.24) is 14.8 Å². The fourth-order valence-corrected chi connectivity index (χ4v) is 3.51. The zero-order valence-electron chi connectivity index (χ0n) is 14.6. The Balaban J connectivity index is 1.60. The molecule has 0 unspecified atom stereocenters. The number of benzene rings is 1. The highest BCUT2D eigenvalue weighted by atomic mass is 32.2. The predicted molar refractivity (Wildman–Crippen MR) is 99.3 cm³/mol. The Morgan fingerprint density at radius 3 is 2.84 bits per heavy atom. The normalized spacial score (nSPS) is 14.6. The van der Waals surface area contributed by atoms with Crippen molar-refractivity contribution in [1.29, 1.82) is 0 Å². The minimum atomic E-state index is -0.0471. The van der Waals surface area contributed by atoms with Crippen molar-refractivity contribution in [2.45, 2.75) is 25.5 Å². The van der Waals surface area contributed by atoms with E-state index in [4.69, 9.17) is 4.74 Å². The van der Waals surface area contributed by atoms with Gasteiger partial charge in [0, 0.05) is 25.3 Å². The lowest BCUT2D eigenvalue weighted by Crippen LogP contribution is -2.38. The standard InChI is InChI=1S/C17H23N5O2S/c1-3-22-16(21-7-9-24-10-8-21)19-20-17(22)25-12-15(23)18-14-6-4-5-13(2)11-14/h4-6,11H,3,7-10,12H2,1-2H3,(H,18,23). The number of aromatic nitrogens is 3. The van der Waals surface area contributed by atoms with Gasteiger partial charge in [-0.15, -0.1) is 10.2 Å². The van der Waals surface area contributed by atoms with Crippen molar-refractivity contribution in [3.05, 3.63) is 29.8 Å². The predicted octanol–water partition coefficient (Wildman–Crippen LogP) is 2.17. The minimum Gasteiger partial charge on any atom is -0.378 e. The molecule has 0 spiro atoms. The fourth-order valence-electron chi connectivity index (χ4n) is 2.71. The highest BCUT2D eigenvalue weighted by molar-refractivity contribution is 7.99. The van der Waals surface area contributed by atoms with Gasteiger partial charge in [0.15, 0.2) is 5.16 Å². The van der Waals surface area contributed by atoms with Gasteiger partial charge in [0.1, 0.15) is 0 Å². The lowest BCUT2D eigenvalue weighted by Gasteiger charge is -2.27. The third kappa shape index (κ3) is 4.52. The van der Waals surface area contributed by atoms with E-state index in [1.165, 1.54) is 11.8 Å². The van der Waals surface area contributed by atoms with Gasteiger partial charge in [0.2, 0.25) is 11.9 Å². The van der Waals surface area contributed by atoms with E-state index in [1.807, 2.05) is 31.2 Å². The van der Waals surface area contributed by atoms with E-state index in [0.717, 1.165) is 42.0 Å². The largest absolute Gasteiger partial charge is 0.378 e. The molecule has 2 heterocycles. The summed E-state index contributed by atoms with van der Waals surface area (Å²) in [5.74, 6) is 1.11. The van der Waals surface area contributed by atoms with E-state index in [-0.39, 0.29) is 5.91 Å². The number of nitrogens with zero attached hydrogens (tertiary/aromatic N) is 4. The Labute approximate surface area is 151 Å². The van der Waals surface area contributed by atoms with Gasteiger partial charge >= 0.3 is 0 Å². The van der Waals surface area contributed by atoms with Crippen LogP contribution in [0.2, 0.25) is 0 Å². The van der Waals surface area contributed by atoms with Crippen molar-refractivity contribution in [3.63, 3.8) is 0 Å². The van der Waals surface area contributed by atoms with Crippen LogP contribution < -0.4 is 10.2 Å². The highest BCUT2D eigenvalue weighted by Crippen LogP contribution is 2.23. The maximum atomic E-state index is 12.2. The number of rotatable bonds is 6. The topological polar surface area (TPSA) is 72.3 Å². The first-order valence-corrected chi connectivity index (χ1v) is 9.41. The van der Waals surface area contributed by atoms with Crippen molar-refractivity contribution in [2.24, 2.45) is 0 Å². The summed E-state index contributed by atoms with van der Waals surface area (Å²) in [6.07, 6.45) is 0. The molecule has 1 saturated heterocycles. The lowest BCUT2D eigenvalue weighted by atomic mass is 10.2. The van der Waals surface area contributed by atoms with Gasteiger partial charge < -0.3 is 15.0 Å². The molecule has 0 atom stereocenters. The molecule has 8 heteroatoms. The smallest absolute Gasteiger partial charge is 0.234 e. The van der Waals surface area contributed by atoms with E-state index in [0.29, 0.717) is 19.0 Å². The van der Waals surface area contributed by atoms with Crippen LogP contribution in [-0.2, 0) is 16.1 Å². The number of carbonyl (C=O) groups is 1. The monoisotopic (exact) mass is 361 g/mol. The zero-order chi connectivity index (χ0) is 17.6. The van der Waals surface area contributed by atoms with Crippen molar-refractivity contribution in [3.8, 4) is 0 Å². The molecule has 1 aromatic heterocycles. The number of nitrogens with one attached hydrogen (secondary N) is 1. The molecule has 2 aromatic rings. The second-order valence-electron chi connectivity index (χ2n) is 5.83. The first-order valence-electron chi connectivity index (χ1n) is 8.42. The first-order chi connectivity index (χ1) is 12.2. The average molecular weight is 361 g/mol. The molecule has 3 rings (SSSR count). The first kappa shape index (κ1) is 17.8. The Bertz CT molecular complexity index is 728. The number of carbonyl (C=O) groups excluding carboxylic acids is 1. The van der Waals surface area contributed by atoms with Gasteiger partial charge in [-0.05, 0) is 31.5 Å². The zero-order valence-corrected chi connectivity index (χ0v) is 15.4. The summed E-state index contributed by atoms with van der Waals surface area (Å²) in [7, 11) is 0. The van der Waals surface area contributed by atoms with E-state index in [2.05, 4.69) is 31.9 Å². The van der Waals surface area contributed by atoms with Gasteiger partial charge in [-0.1, -0.05) is 23.9 Å². The van der Waals surface area contributed by atoms with Crippen LogP contribution in [0.1, 0.15) is 12.5 Å². The third-order valence-corrected chi connectivity index (χ3v) is 4.91. The van der Waals surface area contributed by atoms with Crippen molar-refractivity contribution in [2.75, 3.05) is 42.3 Å². The number of thioether (sulfide) groups is 1. The van der Waals surface area contributed by atoms with Crippen molar-refractivity contribution >= 4 is 29.3 Å². The molecule has 7 nitrogen and oxygen atoms in total. The molecule has 1 aliphatic rings. The van der Waals surface area contributed by atoms with Crippen LogP contribution in [-0.4, -0.2) is 52.7 Å². The molecule has 0 saturated carbocycles. The van der Waals surface area contributed by atoms with Gasteiger partial charge in [-0.25, -0.2) is 0 Å². The Morgan fingerprint density at radius 2 is 2.12 bits per heavy atom. The number of ether oxygens (including phenoxy) is 1. The van der Waals surface area contributed by atoms with E-state index in [9.17, 15) is 4.79 Å². The Kier molecular flexibility index (Phi) is 5.93. The average Bonchev–Trinajstić information content (AvgIpc) is 3.03. The molecule has 1 amide bonds. The number of anilines is 2. The van der Waals surface area contributed by atoms with Gasteiger partial charge in [-0.2, -0.15) is 0 Å². The number of hydrogen-bond donors (Lipinski definition) is 1. The summed E-state index contributed by atoms with van der Waals surface area (Å²) in [6, 6.07) is 7.77. The number of aryl methyl sites for hydroxylation is 1. The Hall–Kier alpha value is -2.06. The van der Waals surface area contributed by atoms with Crippen LogP contribution in [0.15, 0.2) is 29.4 Å². The summed E-state index contributed by atoms with van der Waals surface area (Å²) < 4.78 is 7.44. The second-order valence-corrected chi connectivity index (χ2v) is 6.78. The van der Waals surface area contributed by atoms with Crippen LogP contribution in [0.3, 0.4) is 0 Å². The number of amides is 1. The quantitative estimate of drug-likeness (QED) is 0.795. The molecule has 1 aromatic carbocycles. The second kappa shape index (κ2) is 8.35. The van der Waals surface area contributed by atoms with Crippen LogP contribution in [0.4, 0.5) is 11.6 Å². The number of morpholine rings is 1. The number of hydrogen-bond acceptors (Lipinski definition) is 6.